The van der Waals surface area contributed by atoms with E-state index in [1.165, 1.54) is 0 Å². The molecule has 0 bridgehead atoms. The van der Waals surface area contributed by atoms with E-state index in [1.54, 1.807) is 6.20 Å². The predicted octanol–water partition coefficient (Wildman–Crippen LogP) is 2.91. The summed E-state index contributed by atoms with van der Waals surface area (Å²) in [6.07, 6.45) is 0.811. The number of benzene rings is 1. The van der Waals surface area contributed by atoms with Crippen LogP contribution in [0, 0.1) is 13.8 Å². The molecular weight excluding hydrogens is 262 g/mol. The highest BCUT2D eigenvalue weighted by molar-refractivity contribution is 5.82. The summed E-state index contributed by atoms with van der Waals surface area (Å²) in [5.41, 5.74) is 9.96. The first-order chi connectivity index (χ1) is 10.1. The van der Waals surface area contributed by atoms with E-state index in [2.05, 4.69) is 9.97 Å². The highest BCUT2D eigenvalue weighted by Crippen LogP contribution is 2.28. The summed E-state index contributed by atoms with van der Waals surface area (Å²) in [5, 5.41) is 11.7. The van der Waals surface area contributed by atoms with Gasteiger partial charge in [-0.05, 0) is 43.2 Å². The summed E-state index contributed by atoms with van der Waals surface area (Å²) in [7, 11) is 0. The molecule has 0 aliphatic heterocycles. The molecule has 0 saturated carbocycles. The van der Waals surface area contributed by atoms with Gasteiger partial charge in [0.1, 0.15) is 11.9 Å². The molecule has 4 heteroatoms. The summed E-state index contributed by atoms with van der Waals surface area (Å²) >= 11 is 0. The Bertz CT molecular complexity index is 814. The second-order valence-corrected chi connectivity index (χ2v) is 5.27. The molecule has 0 radical (unpaired) electrons. The van der Waals surface area contributed by atoms with E-state index < -0.39 is 6.10 Å². The minimum atomic E-state index is -0.874. The Hall–Kier alpha value is -2.46. The van der Waals surface area contributed by atoms with Crippen LogP contribution in [0.1, 0.15) is 28.5 Å². The fraction of sp³-hybridized carbons (Fsp3) is 0.176. The van der Waals surface area contributed by atoms with Gasteiger partial charge in [-0.1, -0.05) is 18.2 Å². The number of aliphatic hydroxyl groups is 1. The zero-order valence-electron chi connectivity index (χ0n) is 12.0. The molecule has 1 aromatic carbocycles. The molecular formula is C17H17N3O. The smallest absolute Gasteiger partial charge is 0.129 e. The summed E-state index contributed by atoms with van der Waals surface area (Å²) in [5.74, 6) is 0.334. The zero-order chi connectivity index (χ0) is 15.0. The van der Waals surface area contributed by atoms with Gasteiger partial charge in [-0.15, -0.1) is 0 Å². The van der Waals surface area contributed by atoms with Crippen LogP contribution in [0.5, 0.6) is 0 Å². The standard InChI is InChI=1S/C17H17N3O/c1-10-7-13(17(18)19-9-10)16(21)15-8-11(2)12-5-3-4-6-14(12)20-15/h3-9,16,21H,1-2H3,(H2,18,19). The van der Waals surface area contributed by atoms with Crippen molar-refractivity contribution in [2.45, 2.75) is 20.0 Å². The number of pyridine rings is 2. The number of nitrogen functional groups attached to an aromatic ring is 1. The maximum atomic E-state index is 10.6. The van der Waals surface area contributed by atoms with E-state index >= 15 is 0 Å². The number of aliphatic hydroxyl groups excluding tert-OH is 1. The van der Waals surface area contributed by atoms with Gasteiger partial charge in [0.2, 0.25) is 0 Å². The first-order valence-electron chi connectivity index (χ1n) is 6.82. The maximum Gasteiger partial charge on any atom is 0.129 e. The molecule has 3 aromatic rings. The maximum absolute atomic E-state index is 10.6. The first kappa shape index (κ1) is 13.5. The van der Waals surface area contributed by atoms with Gasteiger partial charge in [-0.3, -0.25) is 0 Å². The van der Waals surface area contributed by atoms with E-state index in [-0.39, 0.29) is 0 Å². The van der Waals surface area contributed by atoms with Crippen LogP contribution in [0.25, 0.3) is 10.9 Å². The molecule has 0 fully saturated rings. The largest absolute Gasteiger partial charge is 0.383 e. The van der Waals surface area contributed by atoms with Crippen LogP contribution in [-0.2, 0) is 0 Å². The third-order valence-corrected chi connectivity index (χ3v) is 3.60. The molecule has 2 heterocycles. The quantitative estimate of drug-likeness (QED) is 0.756. The van der Waals surface area contributed by atoms with Crippen molar-refractivity contribution in [2.75, 3.05) is 5.73 Å². The van der Waals surface area contributed by atoms with Crippen LogP contribution in [-0.4, -0.2) is 15.1 Å². The molecule has 0 amide bonds. The van der Waals surface area contributed by atoms with Gasteiger partial charge in [0.25, 0.3) is 0 Å². The van der Waals surface area contributed by atoms with Crippen molar-refractivity contribution in [1.29, 1.82) is 0 Å². The molecule has 1 atom stereocenters. The van der Waals surface area contributed by atoms with Crippen LogP contribution in [0.2, 0.25) is 0 Å². The van der Waals surface area contributed by atoms with Gasteiger partial charge in [0.05, 0.1) is 11.2 Å². The van der Waals surface area contributed by atoms with Gasteiger partial charge in [-0.2, -0.15) is 0 Å². The molecule has 2 aromatic heterocycles. The number of aryl methyl sites for hydroxylation is 2. The number of anilines is 1. The second kappa shape index (κ2) is 5.14. The Morgan fingerprint density at radius 3 is 2.71 bits per heavy atom. The third-order valence-electron chi connectivity index (χ3n) is 3.60. The Balaban J connectivity index is 2.13. The first-order valence-corrected chi connectivity index (χ1v) is 6.82. The molecule has 3 rings (SSSR count). The summed E-state index contributed by atoms with van der Waals surface area (Å²) < 4.78 is 0. The molecule has 3 N–H and O–H groups in total. The number of fused-ring (bicyclic) bond motifs is 1. The molecule has 0 aliphatic rings. The summed E-state index contributed by atoms with van der Waals surface area (Å²) in [6, 6.07) is 11.6. The molecule has 106 valence electrons. The van der Waals surface area contributed by atoms with Crippen LogP contribution >= 0.6 is 0 Å². The van der Waals surface area contributed by atoms with Gasteiger partial charge in [-0.25, -0.2) is 9.97 Å². The molecule has 0 saturated heterocycles. The van der Waals surface area contributed by atoms with Crippen molar-refractivity contribution in [2.24, 2.45) is 0 Å². The van der Waals surface area contributed by atoms with Crippen LogP contribution in [0.3, 0.4) is 0 Å². The Morgan fingerprint density at radius 2 is 1.90 bits per heavy atom. The van der Waals surface area contributed by atoms with Crippen molar-refractivity contribution >= 4 is 16.7 Å². The van der Waals surface area contributed by atoms with E-state index in [0.29, 0.717) is 17.1 Å². The number of nitrogens with zero attached hydrogens (tertiary/aromatic N) is 2. The number of hydrogen-bond acceptors (Lipinski definition) is 4. The lowest BCUT2D eigenvalue weighted by molar-refractivity contribution is 0.216. The number of para-hydroxylation sites is 1. The SMILES string of the molecule is Cc1cnc(N)c(C(O)c2cc(C)c3ccccc3n2)c1. The Morgan fingerprint density at radius 1 is 1.14 bits per heavy atom. The van der Waals surface area contributed by atoms with Crippen LogP contribution in [0.4, 0.5) is 5.82 Å². The van der Waals surface area contributed by atoms with E-state index in [1.807, 2.05) is 50.2 Å². The van der Waals surface area contributed by atoms with Crippen LogP contribution in [0.15, 0.2) is 42.6 Å². The van der Waals surface area contributed by atoms with Gasteiger partial charge >= 0.3 is 0 Å². The highest BCUT2D eigenvalue weighted by atomic mass is 16.3. The molecule has 1 unspecified atom stereocenters. The van der Waals surface area contributed by atoms with E-state index in [0.717, 1.165) is 22.0 Å². The molecule has 0 spiro atoms. The number of aromatic nitrogens is 2. The number of nitrogens with two attached hydrogens (primary N) is 1. The normalized spacial score (nSPS) is 12.5. The van der Waals surface area contributed by atoms with Crippen LogP contribution < -0.4 is 5.73 Å². The van der Waals surface area contributed by atoms with Crippen molar-refractivity contribution < 1.29 is 5.11 Å². The minimum Gasteiger partial charge on any atom is -0.383 e. The van der Waals surface area contributed by atoms with Crippen molar-refractivity contribution in [3.05, 3.63) is 65.0 Å². The third kappa shape index (κ3) is 2.45. The number of rotatable bonds is 2. The van der Waals surface area contributed by atoms with Crippen molar-refractivity contribution in [3.8, 4) is 0 Å². The lowest BCUT2D eigenvalue weighted by Gasteiger charge is -2.15. The summed E-state index contributed by atoms with van der Waals surface area (Å²) in [6.45, 7) is 3.93. The highest BCUT2D eigenvalue weighted by Gasteiger charge is 2.17. The predicted molar refractivity (Wildman–Crippen MR) is 83.9 cm³/mol. The Labute approximate surface area is 123 Å². The fourth-order valence-electron chi connectivity index (χ4n) is 2.50. The zero-order valence-corrected chi connectivity index (χ0v) is 12.0. The topological polar surface area (TPSA) is 72.0 Å². The minimum absolute atomic E-state index is 0.334. The monoisotopic (exact) mass is 279 g/mol. The Kier molecular flexibility index (Phi) is 3.31. The lowest BCUT2D eigenvalue weighted by Crippen LogP contribution is -2.08. The average molecular weight is 279 g/mol. The van der Waals surface area contributed by atoms with Crippen molar-refractivity contribution in [3.63, 3.8) is 0 Å². The average Bonchev–Trinajstić information content (AvgIpc) is 2.49. The van der Waals surface area contributed by atoms with Gasteiger partial charge in [0, 0.05) is 17.1 Å². The van der Waals surface area contributed by atoms with Gasteiger partial charge in [0.15, 0.2) is 0 Å². The summed E-state index contributed by atoms with van der Waals surface area (Å²) in [4.78, 5) is 8.65. The van der Waals surface area contributed by atoms with E-state index in [9.17, 15) is 5.11 Å². The van der Waals surface area contributed by atoms with Crippen molar-refractivity contribution in [1.82, 2.24) is 9.97 Å². The van der Waals surface area contributed by atoms with E-state index in [4.69, 9.17) is 5.73 Å². The molecule has 21 heavy (non-hydrogen) atoms. The second-order valence-electron chi connectivity index (χ2n) is 5.27. The fourth-order valence-corrected chi connectivity index (χ4v) is 2.50. The molecule has 0 aliphatic carbocycles. The lowest BCUT2D eigenvalue weighted by atomic mass is 10.0. The molecule has 4 nitrogen and oxygen atoms in total. The number of hydrogen-bond donors (Lipinski definition) is 2. The van der Waals surface area contributed by atoms with Gasteiger partial charge < -0.3 is 10.8 Å².